The Labute approximate surface area is 222 Å². The van der Waals surface area contributed by atoms with Gasteiger partial charge in [-0.15, -0.1) is 0 Å². The number of non-ortho nitro benzene ring substituents is 1. The fraction of sp³-hybridized carbons (Fsp3) is 0.103. The Hall–Kier alpha value is -4.63. The maximum Gasteiger partial charge on any atom is 0.293 e. The van der Waals surface area contributed by atoms with Crippen molar-refractivity contribution in [3.05, 3.63) is 117 Å². The molecule has 1 aliphatic rings. The number of thioether (sulfide) groups is 1. The number of fused-ring (bicyclic) bond motifs is 1. The summed E-state index contributed by atoms with van der Waals surface area (Å²) < 4.78 is 11.5. The molecule has 5 rings (SSSR count). The van der Waals surface area contributed by atoms with Crippen LogP contribution >= 0.6 is 11.8 Å². The second kappa shape index (κ2) is 10.8. The number of hydrogen-bond acceptors (Lipinski definition) is 7. The zero-order valence-corrected chi connectivity index (χ0v) is 21.1. The smallest absolute Gasteiger partial charge is 0.293 e. The molecule has 1 fully saturated rings. The van der Waals surface area contributed by atoms with Gasteiger partial charge in [0.05, 0.1) is 23.5 Å². The molecule has 1 saturated heterocycles. The van der Waals surface area contributed by atoms with Gasteiger partial charge in [0.2, 0.25) is 0 Å². The quantitative estimate of drug-likeness (QED) is 0.145. The Morgan fingerprint density at radius 1 is 0.895 bits per heavy atom. The first-order chi connectivity index (χ1) is 18.4. The summed E-state index contributed by atoms with van der Waals surface area (Å²) in [5.41, 5.74) is 2.09. The Morgan fingerprint density at radius 3 is 2.50 bits per heavy atom. The van der Waals surface area contributed by atoms with E-state index in [-0.39, 0.29) is 17.1 Å². The van der Waals surface area contributed by atoms with Gasteiger partial charge in [0.15, 0.2) is 11.5 Å². The van der Waals surface area contributed by atoms with Crippen LogP contribution in [-0.2, 0) is 17.9 Å². The van der Waals surface area contributed by atoms with Crippen LogP contribution in [0.4, 0.5) is 10.5 Å². The number of methoxy groups -OCH3 is 1. The Morgan fingerprint density at radius 2 is 1.71 bits per heavy atom. The molecule has 4 aromatic rings. The van der Waals surface area contributed by atoms with Gasteiger partial charge in [0, 0.05) is 12.1 Å². The lowest BCUT2D eigenvalue weighted by atomic mass is 10.1. The fourth-order valence-corrected chi connectivity index (χ4v) is 4.96. The van der Waals surface area contributed by atoms with Gasteiger partial charge in [-0.1, -0.05) is 54.6 Å². The number of carbonyl (C=O) groups excluding carboxylic acids is 2. The molecule has 0 bridgehead atoms. The van der Waals surface area contributed by atoms with E-state index in [2.05, 4.69) is 24.3 Å². The molecule has 0 N–H and O–H groups in total. The lowest BCUT2D eigenvalue weighted by molar-refractivity contribution is -0.384. The first-order valence-electron chi connectivity index (χ1n) is 11.7. The maximum absolute atomic E-state index is 12.9. The predicted octanol–water partition coefficient (Wildman–Crippen LogP) is 6.57. The molecule has 9 heteroatoms. The van der Waals surface area contributed by atoms with E-state index in [0.29, 0.717) is 29.2 Å². The molecule has 1 heterocycles. The van der Waals surface area contributed by atoms with Crippen LogP contribution in [0.25, 0.3) is 16.8 Å². The molecule has 2 amide bonds. The van der Waals surface area contributed by atoms with Crippen LogP contribution in [0.3, 0.4) is 0 Å². The van der Waals surface area contributed by atoms with E-state index in [1.54, 1.807) is 30.3 Å². The SMILES string of the molecule is COc1cc(/C=C2/SC(=O)N(Cc3cccc([N+](=O)[O-])c3)C2=O)ccc1OCc1ccc2ccccc2c1. The molecule has 4 aromatic carbocycles. The van der Waals surface area contributed by atoms with Crippen molar-refractivity contribution in [3.8, 4) is 11.5 Å². The lowest BCUT2D eigenvalue weighted by Crippen LogP contribution is -2.27. The molecule has 1 aliphatic heterocycles. The molecule has 0 radical (unpaired) electrons. The van der Waals surface area contributed by atoms with Gasteiger partial charge in [-0.2, -0.15) is 0 Å². The number of nitro groups is 1. The van der Waals surface area contributed by atoms with Gasteiger partial charge in [-0.3, -0.25) is 24.6 Å². The van der Waals surface area contributed by atoms with E-state index < -0.39 is 16.1 Å². The largest absolute Gasteiger partial charge is 0.493 e. The van der Waals surface area contributed by atoms with Crippen LogP contribution in [0.1, 0.15) is 16.7 Å². The predicted molar refractivity (Wildman–Crippen MR) is 146 cm³/mol. The third-order valence-electron chi connectivity index (χ3n) is 6.03. The highest BCUT2D eigenvalue weighted by Gasteiger charge is 2.35. The number of nitro benzene ring substituents is 1. The molecular formula is C29H22N2O6S. The zero-order valence-electron chi connectivity index (χ0n) is 20.3. The van der Waals surface area contributed by atoms with Crippen molar-refractivity contribution in [2.24, 2.45) is 0 Å². The number of hydrogen-bond donors (Lipinski definition) is 0. The standard InChI is InChI=1S/C29H22N2O6S/c1-36-26-15-19(10-12-25(26)37-18-21-9-11-22-6-2-3-7-23(22)13-21)16-27-28(32)30(29(33)38-27)17-20-5-4-8-24(14-20)31(34)35/h2-16H,17-18H2,1H3/b27-16+. The van der Waals surface area contributed by atoms with Gasteiger partial charge in [-0.25, -0.2) is 0 Å². The first kappa shape index (κ1) is 25.0. The summed E-state index contributed by atoms with van der Waals surface area (Å²) in [6.07, 6.45) is 1.62. The molecule has 0 saturated carbocycles. The van der Waals surface area contributed by atoms with Crippen LogP contribution in [0.15, 0.2) is 89.8 Å². The van der Waals surface area contributed by atoms with E-state index in [4.69, 9.17) is 9.47 Å². The number of amides is 2. The Bertz CT molecular complexity index is 1600. The van der Waals surface area contributed by atoms with E-state index in [9.17, 15) is 19.7 Å². The molecular weight excluding hydrogens is 504 g/mol. The summed E-state index contributed by atoms with van der Waals surface area (Å²) in [5.74, 6) is 0.592. The molecule has 190 valence electrons. The minimum Gasteiger partial charge on any atom is -0.493 e. The fourth-order valence-electron chi connectivity index (χ4n) is 4.12. The Kier molecular flexibility index (Phi) is 7.10. The second-order valence-electron chi connectivity index (χ2n) is 8.58. The van der Waals surface area contributed by atoms with Crippen molar-refractivity contribution in [3.63, 3.8) is 0 Å². The van der Waals surface area contributed by atoms with E-state index in [1.165, 1.54) is 25.3 Å². The number of nitrogens with zero attached hydrogens (tertiary/aromatic N) is 2. The van der Waals surface area contributed by atoms with Gasteiger partial charge < -0.3 is 9.47 Å². The van der Waals surface area contributed by atoms with E-state index in [1.807, 2.05) is 18.2 Å². The topological polar surface area (TPSA) is 99.0 Å². The number of ether oxygens (including phenoxy) is 2. The highest BCUT2D eigenvalue weighted by Crippen LogP contribution is 2.35. The Balaban J connectivity index is 1.29. The summed E-state index contributed by atoms with van der Waals surface area (Å²) in [4.78, 5) is 37.3. The summed E-state index contributed by atoms with van der Waals surface area (Å²) >= 11 is 0.825. The lowest BCUT2D eigenvalue weighted by Gasteiger charge is -2.13. The van der Waals surface area contributed by atoms with Crippen LogP contribution in [0, 0.1) is 10.1 Å². The van der Waals surface area contributed by atoms with Gasteiger partial charge >= 0.3 is 0 Å². The van der Waals surface area contributed by atoms with Gasteiger partial charge in [0.25, 0.3) is 16.8 Å². The molecule has 0 aromatic heterocycles. The highest BCUT2D eigenvalue weighted by atomic mass is 32.2. The van der Waals surface area contributed by atoms with E-state index in [0.717, 1.165) is 33.0 Å². The van der Waals surface area contributed by atoms with E-state index >= 15 is 0 Å². The third-order valence-corrected chi connectivity index (χ3v) is 6.94. The molecule has 0 spiro atoms. The summed E-state index contributed by atoms with van der Waals surface area (Å²) in [5, 5.41) is 12.9. The van der Waals surface area contributed by atoms with Crippen LogP contribution in [0.2, 0.25) is 0 Å². The zero-order chi connectivity index (χ0) is 26.6. The number of imide groups is 1. The number of benzene rings is 4. The molecule has 38 heavy (non-hydrogen) atoms. The van der Waals surface area contributed by atoms with Crippen LogP contribution < -0.4 is 9.47 Å². The molecule has 8 nitrogen and oxygen atoms in total. The number of carbonyl (C=O) groups is 2. The minimum absolute atomic E-state index is 0.0471. The van der Waals surface area contributed by atoms with Crippen molar-refractivity contribution in [2.45, 2.75) is 13.2 Å². The second-order valence-corrected chi connectivity index (χ2v) is 9.57. The van der Waals surface area contributed by atoms with Gasteiger partial charge in [-0.05, 0) is 63.5 Å². The average Bonchev–Trinajstić information content (AvgIpc) is 3.19. The minimum atomic E-state index is -0.514. The van der Waals surface area contributed by atoms with Crippen LogP contribution in [0.5, 0.6) is 11.5 Å². The van der Waals surface area contributed by atoms with Crippen molar-refractivity contribution >= 4 is 45.4 Å². The first-order valence-corrected chi connectivity index (χ1v) is 12.5. The summed E-state index contributed by atoms with van der Waals surface area (Å²) in [6.45, 7) is 0.311. The van der Waals surface area contributed by atoms with Crippen molar-refractivity contribution < 1.29 is 24.0 Å². The number of rotatable bonds is 8. The molecule has 0 atom stereocenters. The van der Waals surface area contributed by atoms with Crippen molar-refractivity contribution in [2.75, 3.05) is 7.11 Å². The van der Waals surface area contributed by atoms with Gasteiger partial charge in [0.1, 0.15) is 6.61 Å². The molecule has 0 aliphatic carbocycles. The monoisotopic (exact) mass is 526 g/mol. The van der Waals surface area contributed by atoms with Crippen molar-refractivity contribution in [1.82, 2.24) is 4.90 Å². The molecule has 0 unspecified atom stereocenters. The summed E-state index contributed by atoms with van der Waals surface area (Å²) in [6, 6.07) is 25.4. The normalized spacial score (nSPS) is 14.3. The van der Waals surface area contributed by atoms with Crippen LogP contribution in [-0.4, -0.2) is 28.1 Å². The third kappa shape index (κ3) is 5.37. The average molecular weight is 527 g/mol. The highest BCUT2D eigenvalue weighted by molar-refractivity contribution is 8.18. The summed E-state index contributed by atoms with van der Waals surface area (Å²) in [7, 11) is 1.54. The maximum atomic E-state index is 12.9. The van der Waals surface area contributed by atoms with Crippen molar-refractivity contribution in [1.29, 1.82) is 0 Å².